The fourth-order valence-corrected chi connectivity index (χ4v) is 3.29. The molecule has 1 N–H and O–H groups in total. The molecule has 0 radical (unpaired) electrons. The summed E-state index contributed by atoms with van der Waals surface area (Å²) in [5.74, 6) is 0. The number of hydrogen-bond acceptors (Lipinski definition) is 4. The van der Waals surface area contributed by atoms with Crippen LogP contribution in [0.3, 0.4) is 0 Å². The van der Waals surface area contributed by atoms with Crippen LogP contribution in [0.4, 0.5) is 5.00 Å². The van der Waals surface area contributed by atoms with Crippen molar-refractivity contribution in [1.29, 1.82) is 5.26 Å². The van der Waals surface area contributed by atoms with Crippen molar-refractivity contribution in [3.8, 4) is 15.8 Å². The molecular formula is C10H9BN2S2. The fraction of sp³-hybridized carbons (Fsp3) is 0.100. The zero-order valence-electron chi connectivity index (χ0n) is 8.50. The van der Waals surface area contributed by atoms with Crippen molar-refractivity contribution in [3.63, 3.8) is 0 Å². The minimum atomic E-state index is 0.766. The zero-order valence-corrected chi connectivity index (χ0v) is 10.1. The van der Waals surface area contributed by atoms with Crippen LogP contribution in [0.5, 0.6) is 0 Å². The third-order valence-electron chi connectivity index (χ3n) is 2.10. The Morgan fingerprint density at radius 2 is 2.13 bits per heavy atom. The third-order valence-corrected chi connectivity index (χ3v) is 4.54. The van der Waals surface area contributed by atoms with E-state index >= 15 is 0 Å². The summed E-state index contributed by atoms with van der Waals surface area (Å²) in [6.07, 6.45) is 0. The molecule has 2 nitrogen and oxygen atoms in total. The van der Waals surface area contributed by atoms with Crippen molar-refractivity contribution < 1.29 is 0 Å². The summed E-state index contributed by atoms with van der Waals surface area (Å²) < 4.78 is 0. The SMILES string of the molecule is Bc1cc(-c2ccc(C#N)s2)sc1NC. The summed E-state index contributed by atoms with van der Waals surface area (Å²) in [6.45, 7) is 0. The highest BCUT2D eigenvalue weighted by Gasteiger charge is 2.08. The molecule has 0 aliphatic heterocycles. The van der Waals surface area contributed by atoms with E-state index in [0.29, 0.717) is 0 Å². The van der Waals surface area contributed by atoms with E-state index in [4.69, 9.17) is 5.26 Å². The highest BCUT2D eigenvalue weighted by atomic mass is 32.1. The summed E-state index contributed by atoms with van der Waals surface area (Å²) in [7, 11) is 4.02. The maximum Gasteiger partial charge on any atom is 0.143 e. The molecule has 0 aliphatic carbocycles. The van der Waals surface area contributed by atoms with Crippen LogP contribution in [0.15, 0.2) is 18.2 Å². The van der Waals surface area contributed by atoms with E-state index in [0.717, 1.165) is 4.88 Å². The van der Waals surface area contributed by atoms with Gasteiger partial charge in [0, 0.05) is 16.8 Å². The lowest BCUT2D eigenvalue weighted by Gasteiger charge is -1.93. The maximum atomic E-state index is 8.76. The smallest absolute Gasteiger partial charge is 0.143 e. The van der Waals surface area contributed by atoms with Crippen LogP contribution in [0.25, 0.3) is 9.75 Å². The van der Waals surface area contributed by atoms with Crippen LogP contribution in [0, 0.1) is 11.3 Å². The van der Waals surface area contributed by atoms with E-state index < -0.39 is 0 Å². The van der Waals surface area contributed by atoms with Crippen molar-refractivity contribution in [3.05, 3.63) is 23.1 Å². The topological polar surface area (TPSA) is 35.8 Å². The Morgan fingerprint density at radius 1 is 1.33 bits per heavy atom. The molecule has 0 saturated heterocycles. The lowest BCUT2D eigenvalue weighted by atomic mass is 9.99. The second-order valence-corrected chi connectivity index (χ2v) is 5.28. The van der Waals surface area contributed by atoms with Gasteiger partial charge in [-0.15, -0.1) is 22.7 Å². The molecule has 0 amide bonds. The van der Waals surface area contributed by atoms with E-state index in [9.17, 15) is 0 Å². The first-order valence-corrected chi connectivity index (χ1v) is 6.16. The average molecular weight is 232 g/mol. The Bertz CT molecular complexity index is 522. The number of nitriles is 1. The molecule has 2 rings (SSSR count). The first-order valence-electron chi connectivity index (χ1n) is 4.53. The molecule has 5 heteroatoms. The first-order chi connectivity index (χ1) is 7.24. The Balaban J connectivity index is 2.41. The van der Waals surface area contributed by atoms with Gasteiger partial charge < -0.3 is 5.32 Å². The average Bonchev–Trinajstić information content (AvgIpc) is 2.83. The van der Waals surface area contributed by atoms with E-state index in [1.165, 1.54) is 20.2 Å². The molecule has 0 spiro atoms. The molecule has 0 fully saturated rings. The number of anilines is 1. The van der Waals surface area contributed by atoms with Gasteiger partial charge >= 0.3 is 0 Å². The number of hydrogen-bond donors (Lipinski definition) is 1. The highest BCUT2D eigenvalue weighted by Crippen LogP contribution is 2.33. The van der Waals surface area contributed by atoms with E-state index in [1.54, 1.807) is 22.7 Å². The summed E-state index contributed by atoms with van der Waals surface area (Å²) in [6, 6.07) is 8.19. The molecule has 15 heavy (non-hydrogen) atoms. The van der Waals surface area contributed by atoms with Gasteiger partial charge in [-0.05, 0) is 18.2 Å². The van der Waals surface area contributed by atoms with E-state index in [1.807, 2.05) is 19.2 Å². The van der Waals surface area contributed by atoms with Gasteiger partial charge in [0.1, 0.15) is 18.8 Å². The largest absolute Gasteiger partial charge is 0.380 e. The summed E-state index contributed by atoms with van der Waals surface area (Å²) >= 11 is 3.27. The minimum Gasteiger partial charge on any atom is -0.380 e. The standard InChI is InChI=1S/C10H9BN2S2/c1-13-10-7(11)4-9(15-10)8-3-2-6(5-12)14-8/h2-4,13H,11H2,1H3. The molecule has 0 aromatic carbocycles. The predicted molar refractivity (Wildman–Crippen MR) is 70.1 cm³/mol. The molecule has 0 saturated carbocycles. The molecule has 0 unspecified atom stereocenters. The number of nitrogens with one attached hydrogen (secondary N) is 1. The fourth-order valence-electron chi connectivity index (χ4n) is 1.38. The normalized spacial score (nSPS) is 9.87. The number of rotatable bonds is 2. The van der Waals surface area contributed by atoms with Crippen molar-refractivity contribution >= 4 is 41.0 Å². The molecule has 2 heterocycles. The third kappa shape index (κ3) is 1.92. The van der Waals surface area contributed by atoms with Crippen molar-refractivity contribution in [2.45, 2.75) is 0 Å². The van der Waals surface area contributed by atoms with Crippen molar-refractivity contribution in [2.75, 3.05) is 12.4 Å². The number of nitrogens with zero attached hydrogens (tertiary/aromatic N) is 1. The van der Waals surface area contributed by atoms with Crippen LogP contribution in [-0.4, -0.2) is 14.9 Å². The van der Waals surface area contributed by atoms with Gasteiger partial charge in [-0.25, -0.2) is 0 Å². The lowest BCUT2D eigenvalue weighted by Crippen LogP contribution is -2.03. The van der Waals surface area contributed by atoms with Crippen LogP contribution >= 0.6 is 22.7 Å². The highest BCUT2D eigenvalue weighted by molar-refractivity contribution is 7.25. The zero-order chi connectivity index (χ0) is 10.8. The molecule has 2 aromatic rings. The minimum absolute atomic E-state index is 0.766. The van der Waals surface area contributed by atoms with Crippen LogP contribution in [0.1, 0.15) is 4.88 Å². The molecule has 74 valence electrons. The van der Waals surface area contributed by atoms with Crippen molar-refractivity contribution in [2.24, 2.45) is 0 Å². The monoisotopic (exact) mass is 232 g/mol. The summed E-state index contributed by atoms with van der Waals surface area (Å²) in [4.78, 5) is 3.16. The Kier molecular flexibility index (Phi) is 2.80. The maximum absolute atomic E-state index is 8.76. The van der Waals surface area contributed by atoms with E-state index in [-0.39, 0.29) is 0 Å². The van der Waals surface area contributed by atoms with Gasteiger partial charge in [0.05, 0.1) is 5.00 Å². The van der Waals surface area contributed by atoms with E-state index in [2.05, 4.69) is 25.3 Å². The van der Waals surface area contributed by atoms with Crippen LogP contribution in [0.2, 0.25) is 0 Å². The first kappa shape index (κ1) is 10.3. The van der Waals surface area contributed by atoms with Gasteiger partial charge in [-0.1, -0.05) is 5.46 Å². The second-order valence-electron chi connectivity index (χ2n) is 3.15. The van der Waals surface area contributed by atoms with Gasteiger partial charge in [0.25, 0.3) is 0 Å². The lowest BCUT2D eigenvalue weighted by molar-refractivity contribution is 1.52. The Morgan fingerprint density at radius 3 is 2.67 bits per heavy atom. The Hall–Kier alpha value is -1.25. The number of thiophene rings is 2. The van der Waals surface area contributed by atoms with Gasteiger partial charge in [0.15, 0.2) is 0 Å². The molecular weight excluding hydrogens is 223 g/mol. The summed E-state index contributed by atoms with van der Waals surface area (Å²) in [5.41, 5.74) is 1.25. The van der Waals surface area contributed by atoms with Gasteiger partial charge in [-0.2, -0.15) is 5.26 Å². The quantitative estimate of drug-likeness (QED) is 0.799. The summed E-state index contributed by atoms with van der Waals surface area (Å²) in [5, 5.41) is 13.1. The van der Waals surface area contributed by atoms with Crippen molar-refractivity contribution in [1.82, 2.24) is 0 Å². The van der Waals surface area contributed by atoms with Crippen LogP contribution in [-0.2, 0) is 0 Å². The molecule has 0 bridgehead atoms. The molecule has 2 aromatic heterocycles. The Labute approximate surface area is 97.6 Å². The molecule has 0 aliphatic rings. The molecule has 0 atom stereocenters. The van der Waals surface area contributed by atoms with Crippen LogP contribution < -0.4 is 10.8 Å². The van der Waals surface area contributed by atoms with Gasteiger partial charge in [0.2, 0.25) is 0 Å². The van der Waals surface area contributed by atoms with Gasteiger partial charge in [-0.3, -0.25) is 0 Å². The second kappa shape index (κ2) is 4.09. The predicted octanol–water partition coefficient (Wildman–Crippen LogP) is 1.65.